The van der Waals surface area contributed by atoms with Crippen LogP contribution < -0.4 is 5.32 Å². The van der Waals surface area contributed by atoms with Crippen molar-refractivity contribution in [1.82, 2.24) is 4.90 Å². The van der Waals surface area contributed by atoms with E-state index < -0.39 is 5.79 Å². The van der Waals surface area contributed by atoms with E-state index >= 15 is 0 Å². The first-order valence-corrected chi connectivity index (χ1v) is 7.72. The van der Waals surface area contributed by atoms with Gasteiger partial charge in [0.25, 0.3) is 0 Å². The summed E-state index contributed by atoms with van der Waals surface area (Å²) in [6.07, 6.45) is 1.90. The summed E-state index contributed by atoms with van der Waals surface area (Å²) in [4.78, 5) is 14.1. The summed E-state index contributed by atoms with van der Waals surface area (Å²) < 4.78 is 24.1. The third kappa shape index (κ3) is 3.56. The fraction of sp³-hybridized carbons (Fsp3) is 0.562. The van der Waals surface area contributed by atoms with Crippen molar-refractivity contribution in [3.8, 4) is 0 Å². The Labute approximate surface area is 129 Å². The number of likely N-dealkylation sites (tertiary alicyclic amines) is 1. The molecule has 120 valence electrons. The molecule has 0 saturated carbocycles. The molecule has 0 unspecified atom stereocenters. The summed E-state index contributed by atoms with van der Waals surface area (Å²) in [5.41, 5.74) is 0.819. The largest absolute Gasteiger partial charge is 0.385 e. The van der Waals surface area contributed by atoms with Crippen molar-refractivity contribution in [2.45, 2.75) is 25.0 Å². The lowest BCUT2D eigenvalue weighted by molar-refractivity contribution is -0.187. The number of halogens is 1. The highest BCUT2D eigenvalue weighted by molar-refractivity contribution is 5.76. The molecule has 1 aromatic rings. The van der Waals surface area contributed by atoms with Gasteiger partial charge in [0.15, 0.2) is 5.79 Å². The van der Waals surface area contributed by atoms with Gasteiger partial charge in [0, 0.05) is 44.6 Å². The standard InChI is InChI=1S/C16H21FN2O3/c17-13-1-3-14(4-2-13)18-8-5-15(20)19-9-6-16(7-10-19)21-11-12-22-16/h1-4,18H,5-12H2. The second-order valence-corrected chi connectivity index (χ2v) is 5.67. The summed E-state index contributed by atoms with van der Waals surface area (Å²) in [5, 5.41) is 3.13. The summed E-state index contributed by atoms with van der Waals surface area (Å²) >= 11 is 0. The van der Waals surface area contributed by atoms with E-state index in [2.05, 4.69) is 5.32 Å². The smallest absolute Gasteiger partial charge is 0.224 e. The zero-order valence-corrected chi connectivity index (χ0v) is 12.5. The zero-order chi connectivity index (χ0) is 15.4. The molecule has 22 heavy (non-hydrogen) atoms. The van der Waals surface area contributed by atoms with Gasteiger partial charge in [0.2, 0.25) is 5.91 Å². The number of amides is 1. The molecule has 3 rings (SSSR count). The summed E-state index contributed by atoms with van der Waals surface area (Å²) in [7, 11) is 0. The van der Waals surface area contributed by atoms with Crippen LogP contribution in [0.15, 0.2) is 24.3 Å². The average molecular weight is 308 g/mol. The number of hydrogen-bond donors (Lipinski definition) is 1. The van der Waals surface area contributed by atoms with Gasteiger partial charge >= 0.3 is 0 Å². The zero-order valence-electron chi connectivity index (χ0n) is 12.5. The number of carbonyl (C=O) groups is 1. The van der Waals surface area contributed by atoms with Crippen molar-refractivity contribution in [3.05, 3.63) is 30.1 Å². The quantitative estimate of drug-likeness (QED) is 0.924. The summed E-state index contributed by atoms with van der Waals surface area (Å²) in [6.45, 7) is 3.19. The molecule has 6 heteroatoms. The van der Waals surface area contributed by atoms with E-state index in [0.717, 1.165) is 18.5 Å². The summed E-state index contributed by atoms with van der Waals surface area (Å²) in [6, 6.07) is 6.13. The molecule has 2 heterocycles. The van der Waals surface area contributed by atoms with Gasteiger partial charge in [0.1, 0.15) is 5.82 Å². The van der Waals surface area contributed by atoms with E-state index in [1.807, 2.05) is 4.90 Å². The normalized spacial score (nSPS) is 20.3. The van der Waals surface area contributed by atoms with Crippen LogP contribution in [-0.4, -0.2) is 49.4 Å². The number of hydrogen-bond acceptors (Lipinski definition) is 4. The number of ether oxygens (including phenoxy) is 2. The van der Waals surface area contributed by atoms with Crippen molar-refractivity contribution in [1.29, 1.82) is 0 Å². The Bertz CT molecular complexity index is 505. The lowest BCUT2D eigenvalue weighted by Gasteiger charge is -2.37. The van der Waals surface area contributed by atoms with Crippen molar-refractivity contribution >= 4 is 11.6 Å². The Morgan fingerprint density at radius 2 is 1.82 bits per heavy atom. The van der Waals surface area contributed by atoms with Gasteiger partial charge in [-0.1, -0.05) is 0 Å². The van der Waals surface area contributed by atoms with E-state index in [-0.39, 0.29) is 11.7 Å². The molecule has 1 N–H and O–H groups in total. The summed E-state index contributed by atoms with van der Waals surface area (Å²) in [5.74, 6) is -0.578. The van der Waals surface area contributed by atoms with Crippen LogP contribution in [0.3, 0.4) is 0 Å². The van der Waals surface area contributed by atoms with Gasteiger partial charge in [-0.15, -0.1) is 0 Å². The molecule has 0 atom stereocenters. The Morgan fingerprint density at radius 3 is 2.45 bits per heavy atom. The molecule has 2 saturated heterocycles. The number of piperidine rings is 1. The van der Waals surface area contributed by atoms with Crippen LogP contribution in [0.25, 0.3) is 0 Å². The Morgan fingerprint density at radius 1 is 1.18 bits per heavy atom. The van der Waals surface area contributed by atoms with Crippen molar-refractivity contribution in [2.75, 3.05) is 38.2 Å². The molecule has 0 bridgehead atoms. The monoisotopic (exact) mass is 308 g/mol. The molecule has 5 nitrogen and oxygen atoms in total. The van der Waals surface area contributed by atoms with Gasteiger partial charge in [-0.3, -0.25) is 4.79 Å². The second-order valence-electron chi connectivity index (χ2n) is 5.67. The molecule has 1 amide bonds. The first-order chi connectivity index (χ1) is 10.7. The predicted octanol–water partition coefficient (Wildman–Crippen LogP) is 1.99. The van der Waals surface area contributed by atoms with E-state index in [9.17, 15) is 9.18 Å². The number of nitrogens with one attached hydrogen (secondary N) is 1. The second kappa shape index (κ2) is 6.62. The molecule has 0 aliphatic carbocycles. The van der Waals surface area contributed by atoms with Crippen LogP contribution in [0, 0.1) is 5.82 Å². The maximum atomic E-state index is 12.8. The van der Waals surface area contributed by atoms with E-state index in [1.165, 1.54) is 12.1 Å². The molecule has 1 aromatic carbocycles. The first-order valence-electron chi connectivity index (χ1n) is 7.72. The average Bonchev–Trinajstić information content (AvgIpc) is 2.98. The maximum Gasteiger partial charge on any atom is 0.224 e. The van der Waals surface area contributed by atoms with Crippen LogP contribution in [0.1, 0.15) is 19.3 Å². The topological polar surface area (TPSA) is 50.8 Å². The molecule has 2 aliphatic heterocycles. The highest BCUT2D eigenvalue weighted by atomic mass is 19.1. The molecular formula is C16H21FN2O3. The molecule has 0 aromatic heterocycles. The maximum absolute atomic E-state index is 12.8. The fourth-order valence-electron chi connectivity index (χ4n) is 2.92. The molecule has 2 aliphatic rings. The number of benzene rings is 1. The van der Waals surface area contributed by atoms with E-state index in [4.69, 9.17) is 9.47 Å². The first kappa shape index (κ1) is 15.2. The lowest BCUT2D eigenvalue weighted by atomic mass is 10.0. The van der Waals surface area contributed by atoms with Crippen LogP contribution in [0.2, 0.25) is 0 Å². The van der Waals surface area contributed by atoms with Gasteiger partial charge in [-0.25, -0.2) is 4.39 Å². The number of carbonyl (C=O) groups excluding carboxylic acids is 1. The predicted molar refractivity (Wildman–Crippen MR) is 80.0 cm³/mol. The Balaban J connectivity index is 1.40. The lowest BCUT2D eigenvalue weighted by Crippen LogP contribution is -2.47. The van der Waals surface area contributed by atoms with Crippen LogP contribution in [0.5, 0.6) is 0 Å². The minimum atomic E-state index is -0.441. The van der Waals surface area contributed by atoms with Gasteiger partial charge < -0.3 is 19.7 Å². The van der Waals surface area contributed by atoms with Crippen molar-refractivity contribution in [2.24, 2.45) is 0 Å². The van der Waals surface area contributed by atoms with Crippen LogP contribution in [0.4, 0.5) is 10.1 Å². The van der Waals surface area contributed by atoms with Crippen molar-refractivity contribution < 1.29 is 18.7 Å². The highest BCUT2D eigenvalue weighted by Gasteiger charge is 2.40. The number of nitrogens with zero attached hydrogens (tertiary/aromatic N) is 1. The SMILES string of the molecule is O=C(CCNc1ccc(F)cc1)N1CCC2(CC1)OCCO2. The molecule has 2 fully saturated rings. The molecule has 0 radical (unpaired) electrons. The minimum Gasteiger partial charge on any atom is -0.385 e. The van der Waals surface area contributed by atoms with Crippen molar-refractivity contribution in [3.63, 3.8) is 0 Å². The van der Waals surface area contributed by atoms with Gasteiger partial charge in [-0.05, 0) is 24.3 Å². The third-order valence-electron chi connectivity index (χ3n) is 4.20. The van der Waals surface area contributed by atoms with E-state index in [0.29, 0.717) is 39.3 Å². The molecule has 1 spiro atoms. The third-order valence-corrected chi connectivity index (χ3v) is 4.20. The highest BCUT2D eigenvalue weighted by Crippen LogP contribution is 2.31. The fourth-order valence-corrected chi connectivity index (χ4v) is 2.92. The van der Waals surface area contributed by atoms with Gasteiger partial charge in [0.05, 0.1) is 13.2 Å². The molecular weight excluding hydrogens is 287 g/mol. The van der Waals surface area contributed by atoms with Gasteiger partial charge in [-0.2, -0.15) is 0 Å². The Kier molecular flexibility index (Phi) is 4.59. The Hall–Kier alpha value is -1.66. The minimum absolute atomic E-state index is 0.127. The van der Waals surface area contributed by atoms with Crippen LogP contribution in [-0.2, 0) is 14.3 Å². The van der Waals surface area contributed by atoms with E-state index in [1.54, 1.807) is 12.1 Å². The van der Waals surface area contributed by atoms with Crippen LogP contribution >= 0.6 is 0 Å². The number of anilines is 1. The number of rotatable bonds is 4.